The van der Waals surface area contributed by atoms with Crippen LogP contribution >= 0.6 is 15.9 Å². The molecule has 20 heavy (non-hydrogen) atoms. The molecule has 0 unspecified atom stereocenters. The molecule has 0 bridgehead atoms. The highest BCUT2D eigenvalue weighted by Gasteiger charge is 2.02. The third-order valence-electron chi connectivity index (χ3n) is 2.78. The number of hydrogen-bond donors (Lipinski definition) is 1. The van der Waals surface area contributed by atoms with Gasteiger partial charge in [0.25, 0.3) is 0 Å². The molecule has 2 nitrogen and oxygen atoms in total. The predicted octanol–water partition coefficient (Wildman–Crippen LogP) is 4.55. The summed E-state index contributed by atoms with van der Waals surface area (Å²) in [6.07, 6.45) is 2.77. The molecule has 0 saturated heterocycles. The zero-order valence-electron chi connectivity index (χ0n) is 10.9. The fraction of sp³-hybridized carbons (Fsp3) is 0.0625. The third-order valence-corrected chi connectivity index (χ3v) is 3.27. The standard InChI is InChI=1S/C16H13BrFNO/c1-11-4-2-3-5-15(11)19-16(20)9-6-12-10-13(17)7-8-14(12)18/h2-10H,1H3,(H,19,20). The molecule has 102 valence electrons. The van der Waals surface area contributed by atoms with Crippen molar-refractivity contribution in [3.63, 3.8) is 0 Å². The van der Waals surface area contributed by atoms with E-state index in [1.54, 1.807) is 12.1 Å². The van der Waals surface area contributed by atoms with Gasteiger partial charge in [0.1, 0.15) is 5.82 Å². The third kappa shape index (κ3) is 3.78. The largest absolute Gasteiger partial charge is 0.322 e. The van der Waals surface area contributed by atoms with Crippen molar-refractivity contribution in [3.05, 3.63) is 70.0 Å². The van der Waals surface area contributed by atoms with Gasteiger partial charge in [-0.05, 0) is 42.8 Å². The number of nitrogens with one attached hydrogen (secondary N) is 1. The summed E-state index contributed by atoms with van der Waals surface area (Å²) in [6, 6.07) is 12.1. The highest BCUT2D eigenvalue weighted by molar-refractivity contribution is 9.10. The van der Waals surface area contributed by atoms with E-state index < -0.39 is 0 Å². The van der Waals surface area contributed by atoms with Crippen molar-refractivity contribution in [2.45, 2.75) is 6.92 Å². The van der Waals surface area contributed by atoms with Crippen molar-refractivity contribution < 1.29 is 9.18 Å². The van der Waals surface area contributed by atoms with E-state index in [1.165, 1.54) is 18.2 Å². The lowest BCUT2D eigenvalue weighted by atomic mass is 10.2. The number of carbonyl (C=O) groups is 1. The predicted molar refractivity (Wildman–Crippen MR) is 82.9 cm³/mol. The van der Waals surface area contributed by atoms with Gasteiger partial charge >= 0.3 is 0 Å². The zero-order chi connectivity index (χ0) is 14.5. The van der Waals surface area contributed by atoms with Crippen molar-refractivity contribution in [2.75, 3.05) is 5.32 Å². The van der Waals surface area contributed by atoms with Gasteiger partial charge in [0.15, 0.2) is 0 Å². The Labute approximate surface area is 125 Å². The number of hydrogen-bond acceptors (Lipinski definition) is 1. The number of halogens is 2. The van der Waals surface area contributed by atoms with Gasteiger partial charge in [0.05, 0.1) is 0 Å². The first kappa shape index (κ1) is 14.5. The quantitative estimate of drug-likeness (QED) is 0.820. The Morgan fingerprint density at radius 2 is 2.00 bits per heavy atom. The van der Waals surface area contributed by atoms with Crippen molar-refractivity contribution >= 4 is 33.6 Å². The Hall–Kier alpha value is -1.94. The molecule has 0 aromatic heterocycles. The van der Waals surface area contributed by atoms with E-state index in [1.807, 2.05) is 31.2 Å². The minimum absolute atomic E-state index is 0.293. The molecule has 0 radical (unpaired) electrons. The topological polar surface area (TPSA) is 29.1 Å². The summed E-state index contributed by atoms with van der Waals surface area (Å²) in [4.78, 5) is 11.8. The zero-order valence-corrected chi connectivity index (χ0v) is 12.4. The molecule has 0 heterocycles. The van der Waals surface area contributed by atoms with E-state index in [0.29, 0.717) is 5.56 Å². The molecule has 0 aliphatic heterocycles. The maximum absolute atomic E-state index is 13.5. The molecular formula is C16H13BrFNO. The van der Waals surface area contributed by atoms with Crippen LogP contribution in [0.2, 0.25) is 0 Å². The molecule has 2 rings (SSSR count). The number of benzene rings is 2. The molecule has 0 atom stereocenters. The van der Waals surface area contributed by atoms with Crippen LogP contribution in [0.4, 0.5) is 10.1 Å². The Morgan fingerprint density at radius 3 is 2.75 bits per heavy atom. The normalized spacial score (nSPS) is 10.8. The molecule has 1 amide bonds. The molecular weight excluding hydrogens is 321 g/mol. The first-order valence-electron chi connectivity index (χ1n) is 6.06. The summed E-state index contributed by atoms with van der Waals surface area (Å²) in [7, 11) is 0. The average molecular weight is 334 g/mol. The molecule has 2 aromatic rings. The maximum Gasteiger partial charge on any atom is 0.248 e. The van der Waals surface area contributed by atoms with Gasteiger partial charge in [-0.1, -0.05) is 34.1 Å². The van der Waals surface area contributed by atoms with E-state index in [2.05, 4.69) is 21.2 Å². The monoisotopic (exact) mass is 333 g/mol. The van der Waals surface area contributed by atoms with Gasteiger partial charge in [0, 0.05) is 21.8 Å². The van der Waals surface area contributed by atoms with Gasteiger partial charge in [0.2, 0.25) is 5.91 Å². The summed E-state index contributed by atoms with van der Waals surface area (Å²) in [5.41, 5.74) is 2.08. The van der Waals surface area contributed by atoms with Gasteiger partial charge in [-0.2, -0.15) is 0 Å². The van der Waals surface area contributed by atoms with Crippen LogP contribution in [0.1, 0.15) is 11.1 Å². The number of carbonyl (C=O) groups excluding carboxylic acids is 1. The van der Waals surface area contributed by atoms with Crippen LogP contribution in [-0.4, -0.2) is 5.91 Å². The number of rotatable bonds is 3. The first-order valence-corrected chi connectivity index (χ1v) is 6.85. The van der Waals surface area contributed by atoms with Gasteiger partial charge in [-0.15, -0.1) is 0 Å². The van der Waals surface area contributed by atoms with Gasteiger partial charge in [-0.3, -0.25) is 4.79 Å². The van der Waals surface area contributed by atoms with Crippen molar-refractivity contribution in [1.82, 2.24) is 0 Å². The van der Waals surface area contributed by atoms with E-state index in [9.17, 15) is 9.18 Å². The molecule has 0 saturated carbocycles. The Balaban J connectivity index is 2.10. The van der Waals surface area contributed by atoms with Crippen LogP contribution in [0.3, 0.4) is 0 Å². The summed E-state index contributed by atoms with van der Waals surface area (Å²) in [5.74, 6) is -0.660. The van der Waals surface area contributed by atoms with Crippen molar-refractivity contribution in [2.24, 2.45) is 0 Å². The fourth-order valence-electron chi connectivity index (χ4n) is 1.70. The van der Waals surface area contributed by atoms with Crippen LogP contribution in [-0.2, 0) is 4.79 Å². The Kier molecular flexibility index (Phi) is 4.69. The van der Waals surface area contributed by atoms with Gasteiger partial charge < -0.3 is 5.32 Å². The first-order chi connectivity index (χ1) is 9.56. The number of anilines is 1. The molecule has 2 aromatic carbocycles. The molecule has 4 heteroatoms. The summed E-state index contributed by atoms with van der Waals surface area (Å²) < 4.78 is 14.3. The Morgan fingerprint density at radius 1 is 1.25 bits per heavy atom. The number of amides is 1. The molecule has 1 N–H and O–H groups in total. The van der Waals surface area contributed by atoms with Crippen LogP contribution in [0.15, 0.2) is 53.0 Å². The van der Waals surface area contributed by atoms with Crippen molar-refractivity contribution in [1.29, 1.82) is 0 Å². The minimum Gasteiger partial charge on any atom is -0.322 e. The molecule has 0 fully saturated rings. The second-order valence-corrected chi connectivity index (χ2v) is 5.22. The van der Waals surface area contributed by atoms with E-state index in [0.717, 1.165) is 15.7 Å². The molecule has 0 aliphatic rings. The lowest BCUT2D eigenvalue weighted by Gasteiger charge is -2.05. The van der Waals surface area contributed by atoms with E-state index in [4.69, 9.17) is 0 Å². The van der Waals surface area contributed by atoms with Crippen LogP contribution in [0.5, 0.6) is 0 Å². The van der Waals surface area contributed by atoms with Gasteiger partial charge in [-0.25, -0.2) is 4.39 Å². The molecule has 0 aliphatic carbocycles. The summed E-state index contributed by atoms with van der Waals surface area (Å²) >= 11 is 3.27. The highest BCUT2D eigenvalue weighted by Crippen LogP contribution is 2.17. The smallest absolute Gasteiger partial charge is 0.248 e. The second kappa shape index (κ2) is 6.48. The summed E-state index contributed by atoms with van der Waals surface area (Å²) in [5, 5.41) is 2.75. The number of para-hydroxylation sites is 1. The minimum atomic E-state index is -0.367. The number of aryl methyl sites for hydroxylation is 1. The van der Waals surface area contributed by atoms with E-state index >= 15 is 0 Å². The van der Waals surface area contributed by atoms with Crippen LogP contribution in [0.25, 0.3) is 6.08 Å². The maximum atomic E-state index is 13.5. The fourth-order valence-corrected chi connectivity index (χ4v) is 2.07. The average Bonchev–Trinajstić information content (AvgIpc) is 2.42. The van der Waals surface area contributed by atoms with E-state index in [-0.39, 0.29) is 11.7 Å². The van der Waals surface area contributed by atoms with Crippen molar-refractivity contribution in [3.8, 4) is 0 Å². The van der Waals surface area contributed by atoms with Crippen LogP contribution in [0, 0.1) is 12.7 Å². The Bertz CT molecular complexity index is 667. The SMILES string of the molecule is Cc1ccccc1NC(=O)C=Cc1cc(Br)ccc1F. The highest BCUT2D eigenvalue weighted by atomic mass is 79.9. The second-order valence-electron chi connectivity index (χ2n) is 4.30. The lowest BCUT2D eigenvalue weighted by Crippen LogP contribution is -2.08. The lowest BCUT2D eigenvalue weighted by molar-refractivity contribution is -0.111. The molecule has 0 spiro atoms. The van der Waals surface area contributed by atoms with Crippen LogP contribution < -0.4 is 5.32 Å². The summed E-state index contributed by atoms with van der Waals surface area (Å²) in [6.45, 7) is 1.91.